The van der Waals surface area contributed by atoms with Crippen molar-refractivity contribution in [3.05, 3.63) is 35.4 Å². The zero-order chi connectivity index (χ0) is 18.6. The second kappa shape index (κ2) is 7.72. The number of rotatable bonds is 9. The maximum Gasteiger partial charge on any atom is 0.261 e. The van der Waals surface area contributed by atoms with Gasteiger partial charge in [0.25, 0.3) is 11.8 Å². The van der Waals surface area contributed by atoms with Gasteiger partial charge in [0, 0.05) is 19.4 Å². The van der Waals surface area contributed by atoms with Gasteiger partial charge in [0.15, 0.2) is 0 Å². The maximum absolute atomic E-state index is 12.2. The lowest BCUT2D eigenvalue weighted by Gasteiger charge is -2.20. The van der Waals surface area contributed by atoms with E-state index in [0.717, 1.165) is 6.42 Å². The fourth-order valence-electron chi connectivity index (χ4n) is 3.08. The van der Waals surface area contributed by atoms with Crippen molar-refractivity contribution in [2.45, 2.75) is 52.9 Å². The van der Waals surface area contributed by atoms with Crippen molar-refractivity contribution in [2.75, 3.05) is 6.54 Å². The summed E-state index contributed by atoms with van der Waals surface area (Å²) in [4.78, 5) is 49.8. The van der Waals surface area contributed by atoms with Crippen molar-refractivity contribution in [2.24, 2.45) is 5.41 Å². The van der Waals surface area contributed by atoms with Gasteiger partial charge in [0.05, 0.1) is 16.5 Å². The van der Waals surface area contributed by atoms with E-state index in [9.17, 15) is 19.2 Å². The van der Waals surface area contributed by atoms with Gasteiger partial charge in [-0.15, -0.1) is 0 Å². The van der Waals surface area contributed by atoms with E-state index in [4.69, 9.17) is 0 Å². The number of hydrogen-bond acceptors (Lipinski definition) is 4. The Morgan fingerprint density at radius 2 is 1.48 bits per heavy atom. The first-order valence-electron chi connectivity index (χ1n) is 8.82. The molecule has 1 aliphatic rings. The van der Waals surface area contributed by atoms with E-state index in [0.29, 0.717) is 43.4 Å². The Morgan fingerprint density at radius 1 is 0.920 bits per heavy atom. The number of fused-ring (bicyclic) bond motifs is 1. The van der Waals surface area contributed by atoms with Gasteiger partial charge in [-0.2, -0.15) is 0 Å². The van der Waals surface area contributed by atoms with E-state index in [1.165, 1.54) is 4.90 Å². The van der Waals surface area contributed by atoms with Crippen LogP contribution < -0.4 is 0 Å². The Morgan fingerprint density at radius 3 is 2.00 bits per heavy atom. The Kier molecular flexibility index (Phi) is 5.88. The summed E-state index contributed by atoms with van der Waals surface area (Å²) in [7, 11) is 0. The molecule has 0 aromatic heterocycles. The van der Waals surface area contributed by atoms with Crippen LogP contribution in [0, 0.1) is 5.41 Å². The Hall–Kier alpha value is -2.30. The van der Waals surface area contributed by atoms with Crippen molar-refractivity contribution < 1.29 is 19.2 Å². The highest BCUT2D eigenvalue weighted by Crippen LogP contribution is 2.24. The van der Waals surface area contributed by atoms with Crippen molar-refractivity contribution in [3.8, 4) is 0 Å². The molecule has 2 amide bonds. The predicted molar refractivity (Wildman–Crippen MR) is 94.4 cm³/mol. The van der Waals surface area contributed by atoms with Crippen LogP contribution in [0.1, 0.15) is 73.6 Å². The number of nitrogens with zero attached hydrogens (tertiary/aromatic N) is 1. The van der Waals surface area contributed by atoms with Crippen LogP contribution in [-0.4, -0.2) is 34.8 Å². The fraction of sp³-hybridized carbons (Fsp3) is 0.500. The van der Waals surface area contributed by atoms with Crippen molar-refractivity contribution in [3.63, 3.8) is 0 Å². The monoisotopic (exact) mass is 343 g/mol. The molecule has 0 N–H and O–H groups in total. The van der Waals surface area contributed by atoms with Crippen LogP contribution >= 0.6 is 0 Å². The number of carbonyl (C=O) groups excluding carboxylic acids is 4. The maximum atomic E-state index is 12.2. The molecular formula is C20H25NO4. The largest absolute Gasteiger partial charge is 0.299 e. The van der Waals surface area contributed by atoms with Gasteiger partial charge in [-0.25, -0.2) is 0 Å². The first kappa shape index (κ1) is 19.0. The third kappa shape index (κ3) is 3.86. The SMILES string of the molecule is CCC(=O)C(C)(C)C(=O)CCCCCN1C(=O)c2ccccc2C1=O. The lowest BCUT2D eigenvalue weighted by molar-refractivity contribution is -0.138. The Balaban J connectivity index is 1.78. The molecule has 0 aliphatic carbocycles. The molecule has 25 heavy (non-hydrogen) atoms. The summed E-state index contributed by atoms with van der Waals surface area (Å²) in [6.07, 6.45) is 2.75. The topological polar surface area (TPSA) is 71.5 Å². The number of ketones is 2. The molecule has 0 saturated heterocycles. The highest BCUT2D eigenvalue weighted by atomic mass is 16.2. The summed E-state index contributed by atoms with van der Waals surface area (Å²) in [6.45, 7) is 5.48. The summed E-state index contributed by atoms with van der Waals surface area (Å²) < 4.78 is 0. The molecule has 1 aromatic carbocycles. The zero-order valence-corrected chi connectivity index (χ0v) is 15.1. The van der Waals surface area contributed by atoms with Crippen LogP contribution in [0.5, 0.6) is 0 Å². The quantitative estimate of drug-likeness (QED) is 0.391. The molecule has 0 spiro atoms. The highest BCUT2D eigenvalue weighted by Gasteiger charge is 2.35. The van der Waals surface area contributed by atoms with Gasteiger partial charge in [0.2, 0.25) is 0 Å². The van der Waals surface area contributed by atoms with Crippen molar-refractivity contribution in [1.82, 2.24) is 4.90 Å². The minimum absolute atomic E-state index is 0.0384. The normalized spacial score (nSPS) is 14.0. The molecule has 1 aromatic rings. The molecule has 5 nitrogen and oxygen atoms in total. The predicted octanol–water partition coefficient (Wildman–Crippen LogP) is 3.42. The van der Waals surface area contributed by atoms with E-state index in [1.807, 2.05) is 0 Å². The third-order valence-electron chi connectivity index (χ3n) is 4.88. The summed E-state index contributed by atoms with van der Waals surface area (Å²) in [5, 5.41) is 0. The number of imide groups is 1. The van der Waals surface area contributed by atoms with Crippen LogP contribution in [0.4, 0.5) is 0 Å². The van der Waals surface area contributed by atoms with Gasteiger partial charge in [-0.1, -0.05) is 25.5 Å². The Bertz CT molecular complexity index is 670. The molecule has 134 valence electrons. The molecule has 0 radical (unpaired) electrons. The van der Waals surface area contributed by atoms with Crippen molar-refractivity contribution >= 4 is 23.4 Å². The molecular weight excluding hydrogens is 318 g/mol. The van der Waals surface area contributed by atoms with Crippen LogP contribution in [0.25, 0.3) is 0 Å². The lowest BCUT2D eigenvalue weighted by atomic mass is 9.80. The number of benzene rings is 1. The first-order valence-corrected chi connectivity index (χ1v) is 8.82. The van der Waals surface area contributed by atoms with E-state index >= 15 is 0 Å². The second-order valence-corrected chi connectivity index (χ2v) is 6.94. The molecule has 0 bridgehead atoms. The Labute approximate surface area is 148 Å². The van der Waals surface area contributed by atoms with Gasteiger partial charge in [-0.3, -0.25) is 24.1 Å². The minimum Gasteiger partial charge on any atom is -0.299 e. The average Bonchev–Trinajstić information content (AvgIpc) is 2.85. The van der Waals surface area contributed by atoms with Crippen LogP contribution in [0.15, 0.2) is 24.3 Å². The molecule has 0 fully saturated rings. The number of unbranched alkanes of at least 4 members (excludes halogenated alkanes) is 2. The zero-order valence-electron chi connectivity index (χ0n) is 15.1. The number of Topliss-reactive ketones (excluding diaryl/α,β-unsaturated/α-hetero) is 2. The van der Waals surface area contributed by atoms with Gasteiger partial charge < -0.3 is 0 Å². The van der Waals surface area contributed by atoms with Crippen LogP contribution in [-0.2, 0) is 9.59 Å². The molecule has 1 aliphatic heterocycles. The molecule has 0 saturated carbocycles. The summed E-state index contributed by atoms with van der Waals surface area (Å²) in [5.41, 5.74) is 0.00194. The number of hydrogen-bond donors (Lipinski definition) is 0. The highest BCUT2D eigenvalue weighted by molar-refractivity contribution is 6.21. The van der Waals surface area contributed by atoms with Gasteiger partial charge in [-0.05, 0) is 38.8 Å². The minimum atomic E-state index is -0.919. The summed E-state index contributed by atoms with van der Waals surface area (Å²) in [5.74, 6) is -0.568. The van der Waals surface area contributed by atoms with Crippen LogP contribution in [0.2, 0.25) is 0 Å². The number of amides is 2. The van der Waals surface area contributed by atoms with E-state index in [1.54, 1.807) is 45.0 Å². The van der Waals surface area contributed by atoms with Gasteiger partial charge in [0.1, 0.15) is 11.6 Å². The van der Waals surface area contributed by atoms with E-state index in [2.05, 4.69) is 0 Å². The molecule has 1 heterocycles. The summed E-state index contributed by atoms with van der Waals surface area (Å²) >= 11 is 0. The fourth-order valence-corrected chi connectivity index (χ4v) is 3.08. The van der Waals surface area contributed by atoms with E-state index < -0.39 is 5.41 Å². The van der Waals surface area contributed by atoms with Crippen LogP contribution in [0.3, 0.4) is 0 Å². The summed E-state index contributed by atoms with van der Waals surface area (Å²) in [6, 6.07) is 6.83. The van der Waals surface area contributed by atoms with E-state index in [-0.39, 0.29) is 23.4 Å². The number of carbonyl (C=O) groups is 4. The first-order chi connectivity index (χ1) is 11.8. The van der Waals surface area contributed by atoms with Crippen molar-refractivity contribution in [1.29, 1.82) is 0 Å². The lowest BCUT2D eigenvalue weighted by Crippen LogP contribution is -2.33. The standard InChI is InChI=1S/C20H25NO4/c1-4-16(22)20(2,3)17(23)12-6-5-9-13-21-18(24)14-10-7-8-11-15(14)19(21)25/h7-8,10-11H,4-6,9,12-13H2,1-3H3. The second-order valence-electron chi connectivity index (χ2n) is 6.94. The average molecular weight is 343 g/mol. The molecule has 2 rings (SSSR count). The third-order valence-corrected chi connectivity index (χ3v) is 4.88. The molecule has 0 atom stereocenters. The molecule has 5 heteroatoms. The smallest absolute Gasteiger partial charge is 0.261 e. The van der Waals surface area contributed by atoms with Gasteiger partial charge >= 0.3 is 0 Å². The molecule has 0 unspecified atom stereocenters.